The minimum Gasteiger partial charge on any atom is -0.442 e. The molecule has 168 valence electrons. The summed E-state index contributed by atoms with van der Waals surface area (Å²) in [6.07, 6.45) is -0.120. The van der Waals surface area contributed by atoms with Gasteiger partial charge in [0.2, 0.25) is 0 Å². The van der Waals surface area contributed by atoms with Crippen molar-refractivity contribution < 1.29 is 23.9 Å². The van der Waals surface area contributed by atoms with Gasteiger partial charge in [0.25, 0.3) is 5.91 Å². The molecule has 3 rings (SSSR count). The van der Waals surface area contributed by atoms with Crippen LogP contribution in [0.25, 0.3) is 0 Å². The molecule has 1 saturated heterocycles. The monoisotopic (exact) mass is 447 g/mol. The van der Waals surface area contributed by atoms with Crippen LogP contribution in [-0.2, 0) is 14.3 Å². The van der Waals surface area contributed by atoms with Crippen LogP contribution in [0.2, 0.25) is 0 Å². The number of aryl methyl sites for hydroxylation is 1. The zero-order valence-electron chi connectivity index (χ0n) is 18.1. The molecular weight excluding hydrogens is 418 g/mol. The van der Waals surface area contributed by atoms with Gasteiger partial charge in [-0.2, -0.15) is 0 Å². The van der Waals surface area contributed by atoms with Crippen LogP contribution in [0, 0.1) is 6.92 Å². The largest absolute Gasteiger partial charge is 0.442 e. The number of hydrogen-bond donors (Lipinski definition) is 2. The third-order valence-corrected chi connectivity index (χ3v) is 5.27. The molecule has 1 aromatic heterocycles. The highest BCUT2D eigenvalue weighted by Crippen LogP contribution is 2.23. The lowest BCUT2D eigenvalue weighted by atomic mass is 10.2. The first-order chi connectivity index (χ1) is 15.1. The number of benzene rings is 1. The maximum absolute atomic E-state index is 12.2. The van der Waals surface area contributed by atoms with E-state index in [9.17, 15) is 14.4 Å². The van der Waals surface area contributed by atoms with Crippen molar-refractivity contribution in [3.05, 3.63) is 46.2 Å². The fourth-order valence-corrected chi connectivity index (χ4v) is 3.63. The number of carbonyl (C=O) groups excluding carboxylic acids is 3. The molecule has 1 fully saturated rings. The molecule has 0 spiro atoms. The van der Waals surface area contributed by atoms with Crippen LogP contribution < -0.4 is 15.5 Å². The summed E-state index contributed by atoms with van der Waals surface area (Å²) in [6, 6.07) is 11.0. The van der Waals surface area contributed by atoms with Crippen LogP contribution in [0.4, 0.5) is 16.2 Å². The van der Waals surface area contributed by atoms with Gasteiger partial charge in [-0.3, -0.25) is 9.69 Å². The molecule has 0 bridgehead atoms. The average Bonchev–Trinajstić information content (AvgIpc) is 3.39. The van der Waals surface area contributed by atoms with E-state index in [2.05, 4.69) is 10.6 Å². The summed E-state index contributed by atoms with van der Waals surface area (Å²) in [6.45, 7) is 7.67. The van der Waals surface area contributed by atoms with Gasteiger partial charge in [-0.15, -0.1) is 11.3 Å². The summed E-state index contributed by atoms with van der Waals surface area (Å²) in [7, 11) is 0. The maximum atomic E-state index is 12.2. The topological polar surface area (TPSA) is 97.0 Å². The Morgan fingerprint density at radius 3 is 2.65 bits per heavy atom. The number of thiophene rings is 1. The minimum absolute atomic E-state index is 0.0896. The van der Waals surface area contributed by atoms with Gasteiger partial charge in [-0.1, -0.05) is 13.8 Å². The van der Waals surface area contributed by atoms with Crippen LogP contribution >= 0.6 is 11.3 Å². The van der Waals surface area contributed by atoms with E-state index in [0.29, 0.717) is 30.9 Å². The average molecular weight is 448 g/mol. The Balaban J connectivity index is 0.00000166. The quantitative estimate of drug-likeness (QED) is 0.428. The van der Waals surface area contributed by atoms with E-state index in [4.69, 9.17) is 9.47 Å². The third kappa shape index (κ3) is 7.37. The molecule has 9 heteroatoms. The van der Waals surface area contributed by atoms with Gasteiger partial charge in [0.05, 0.1) is 24.6 Å². The number of anilines is 2. The summed E-state index contributed by atoms with van der Waals surface area (Å²) in [5.41, 5.74) is 1.60. The normalized spacial score (nSPS) is 15.0. The number of ether oxygens (including phenoxy) is 2. The smallest absolute Gasteiger partial charge is 0.414 e. The molecule has 8 nitrogen and oxygen atoms in total. The lowest BCUT2D eigenvalue weighted by Crippen LogP contribution is -2.34. The van der Waals surface area contributed by atoms with E-state index >= 15 is 0 Å². The number of cyclic esters (lactones) is 1. The number of nitrogens with zero attached hydrogens (tertiary/aromatic N) is 1. The zero-order chi connectivity index (χ0) is 22.6. The van der Waals surface area contributed by atoms with Crippen molar-refractivity contribution in [1.82, 2.24) is 5.32 Å². The van der Waals surface area contributed by atoms with Crippen LogP contribution in [0.15, 0.2) is 36.4 Å². The van der Waals surface area contributed by atoms with Crippen LogP contribution in [0.1, 0.15) is 28.4 Å². The van der Waals surface area contributed by atoms with E-state index in [1.54, 1.807) is 11.0 Å². The second-order valence-corrected chi connectivity index (χ2v) is 7.74. The number of nitrogens with one attached hydrogen (secondary N) is 2. The fraction of sp³-hybridized carbons (Fsp3) is 0.409. The molecule has 0 radical (unpaired) electrons. The number of aldehydes is 1. The highest BCUT2D eigenvalue weighted by Gasteiger charge is 2.32. The van der Waals surface area contributed by atoms with E-state index in [1.807, 2.05) is 51.1 Å². The molecule has 0 aliphatic carbocycles. The summed E-state index contributed by atoms with van der Waals surface area (Å²) in [5, 5.41) is 5.99. The van der Waals surface area contributed by atoms with Gasteiger partial charge in [-0.25, -0.2) is 4.79 Å². The predicted molar refractivity (Wildman–Crippen MR) is 122 cm³/mol. The van der Waals surface area contributed by atoms with Crippen LogP contribution in [0.5, 0.6) is 0 Å². The Hall–Kier alpha value is -2.91. The van der Waals surface area contributed by atoms with Crippen molar-refractivity contribution in [1.29, 1.82) is 0 Å². The molecule has 1 atom stereocenters. The summed E-state index contributed by atoms with van der Waals surface area (Å²) in [4.78, 5) is 37.8. The first-order valence-corrected chi connectivity index (χ1v) is 11.1. The van der Waals surface area contributed by atoms with E-state index in [-0.39, 0.29) is 19.1 Å². The zero-order valence-corrected chi connectivity index (χ0v) is 18.9. The summed E-state index contributed by atoms with van der Waals surface area (Å²) in [5.74, 6) is -0.162. The summed E-state index contributed by atoms with van der Waals surface area (Å²) >= 11 is 1.43. The van der Waals surface area contributed by atoms with E-state index in [1.165, 1.54) is 11.3 Å². The Labute approximate surface area is 186 Å². The Kier molecular flexibility index (Phi) is 9.99. The predicted octanol–water partition coefficient (Wildman–Crippen LogP) is 3.47. The molecule has 0 saturated carbocycles. The molecular formula is C22H29N3O5S. The second kappa shape index (κ2) is 12.7. The van der Waals surface area contributed by atoms with Crippen molar-refractivity contribution >= 4 is 41.0 Å². The highest BCUT2D eigenvalue weighted by atomic mass is 32.1. The standard InChI is InChI=1S/C20H23N3O5S.C2H6/c1-14-2-7-18(29-14)19(25)22-12-17-13-23(20(26)28-17)16-5-3-15(4-6-16)21-8-10-27-11-9-24;1-2/h2-7,9,17,21H,8,10-13H2,1H3,(H,22,25);1-2H3. The van der Waals surface area contributed by atoms with Crippen molar-refractivity contribution in [2.45, 2.75) is 26.9 Å². The molecule has 2 heterocycles. The lowest BCUT2D eigenvalue weighted by Gasteiger charge is -2.14. The number of carbonyl (C=O) groups is 3. The Bertz CT molecular complexity index is 853. The molecule has 1 aromatic carbocycles. The molecule has 2 N–H and O–H groups in total. The molecule has 2 aromatic rings. The van der Waals surface area contributed by atoms with Crippen molar-refractivity contribution in [3.63, 3.8) is 0 Å². The molecule has 1 aliphatic heterocycles. The first-order valence-electron chi connectivity index (χ1n) is 10.2. The highest BCUT2D eigenvalue weighted by molar-refractivity contribution is 7.13. The molecule has 2 amide bonds. The Morgan fingerprint density at radius 1 is 1.26 bits per heavy atom. The van der Waals surface area contributed by atoms with Gasteiger partial charge in [0.15, 0.2) is 0 Å². The van der Waals surface area contributed by atoms with Crippen molar-refractivity contribution in [3.8, 4) is 0 Å². The van der Waals surface area contributed by atoms with Gasteiger partial charge in [0, 0.05) is 22.8 Å². The first kappa shape index (κ1) is 24.4. The number of hydrogen-bond acceptors (Lipinski definition) is 7. The van der Waals surface area contributed by atoms with Gasteiger partial charge in [0.1, 0.15) is 19.0 Å². The Morgan fingerprint density at radius 2 is 2.00 bits per heavy atom. The minimum atomic E-state index is -0.431. The van der Waals surface area contributed by atoms with Gasteiger partial charge in [-0.05, 0) is 43.3 Å². The molecule has 1 unspecified atom stereocenters. The SMILES string of the molecule is CC.Cc1ccc(C(=O)NCC2CN(c3ccc(NCCOCC=O)cc3)C(=O)O2)s1. The second-order valence-electron chi connectivity index (χ2n) is 6.45. The number of amides is 2. The van der Waals surface area contributed by atoms with Crippen LogP contribution in [0.3, 0.4) is 0 Å². The van der Waals surface area contributed by atoms with E-state index < -0.39 is 12.2 Å². The van der Waals surface area contributed by atoms with Crippen molar-refractivity contribution in [2.24, 2.45) is 0 Å². The number of rotatable bonds is 10. The summed E-state index contributed by atoms with van der Waals surface area (Å²) < 4.78 is 10.4. The third-order valence-electron chi connectivity index (χ3n) is 4.27. The van der Waals surface area contributed by atoms with Crippen LogP contribution in [-0.4, -0.2) is 57.2 Å². The van der Waals surface area contributed by atoms with Gasteiger partial charge >= 0.3 is 6.09 Å². The lowest BCUT2D eigenvalue weighted by molar-refractivity contribution is -0.111. The fourth-order valence-electron chi connectivity index (χ4n) is 2.85. The molecule has 1 aliphatic rings. The maximum Gasteiger partial charge on any atom is 0.414 e. The van der Waals surface area contributed by atoms with Crippen molar-refractivity contribution in [2.75, 3.05) is 43.1 Å². The van der Waals surface area contributed by atoms with Gasteiger partial charge < -0.3 is 24.9 Å². The molecule has 31 heavy (non-hydrogen) atoms. The van der Waals surface area contributed by atoms with E-state index in [0.717, 1.165) is 16.3 Å².